The van der Waals surface area contributed by atoms with E-state index in [0.717, 1.165) is 27.7 Å². The molecule has 2 aromatic carbocycles. The molecule has 0 bridgehead atoms. The number of ether oxygens (including phenoxy) is 3. The van der Waals surface area contributed by atoms with Gasteiger partial charge in [-0.3, -0.25) is 4.79 Å². The molecule has 1 aliphatic carbocycles. The smallest absolute Gasteiger partial charge is 0.195 e. The summed E-state index contributed by atoms with van der Waals surface area (Å²) in [5, 5.41) is 10.2. The lowest BCUT2D eigenvalue weighted by atomic mass is 9.71. The Hall–Kier alpha value is -3.14. The topological polar surface area (TPSA) is 73.5 Å². The van der Waals surface area contributed by atoms with Crippen LogP contribution in [0.1, 0.15) is 60.4 Å². The van der Waals surface area contributed by atoms with Gasteiger partial charge in [0.15, 0.2) is 11.6 Å². The number of benzene rings is 2. The Morgan fingerprint density at radius 1 is 1.19 bits per heavy atom. The molecule has 1 atom stereocenters. The number of hydrogen-bond acceptors (Lipinski definition) is 5. The Kier molecular flexibility index (Phi) is 4.49. The molecule has 2 aliphatic rings. The van der Waals surface area contributed by atoms with Gasteiger partial charge in [0.2, 0.25) is 0 Å². The molecule has 1 saturated heterocycles. The SMILES string of the molecule is Cn1c2c(c3ccc(C#N)cc31)C(=O)c1ccc(OC[C@H]3COC(C)(C)O3)cc1C2(C)C. The van der Waals surface area contributed by atoms with Crippen LogP contribution in [-0.2, 0) is 21.9 Å². The Bertz CT molecular complexity index is 1310. The van der Waals surface area contributed by atoms with Crippen molar-refractivity contribution in [2.75, 3.05) is 13.2 Å². The number of fused-ring (bicyclic) bond motifs is 4. The van der Waals surface area contributed by atoms with Gasteiger partial charge in [0.05, 0.1) is 29.3 Å². The molecule has 6 heteroatoms. The zero-order valence-corrected chi connectivity index (χ0v) is 19.0. The number of nitriles is 1. The van der Waals surface area contributed by atoms with Gasteiger partial charge in [-0.05, 0) is 49.7 Å². The molecule has 0 unspecified atom stereocenters. The van der Waals surface area contributed by atoms with Gasteiger partial charge in [0.1, 0.15) is 18.5 Å². The second-order valence-corrected chi connectivity index (χ2v) is 9.55. The molecule has 0 spiro atoms. The second kappa shape index (κ2) is 6.93. The van der Waals surface area contributed by atoms with Crippen LogP contribution in [0, 0.1) is 11.3 Å². The Morgan fingerprint density at radius 3 is 2.66 bits per heavy atom. The Balaban J connectivity index is 1.54. The van der Waals surface area contributed by atoms with Crippen LogP contribution in [0.3, 0.4) is 0 Å². The summed E-state index contributed by atoms with van der Waals surface area (Å²) < 4.78 is 19.5. The number of carbonyl (C=O) groups excluding carboxylic acids is 1. The van der Waals surface area contributed by atoms with Gasteiger partial charge in [-0.15, -0.1) is 0 Å². The number of carbonyl (C=O) groups is 1. The van der Waals surface area contributed by atoms with Crippen LogP contribution in [0.2, 0.25) is 0 Å². The van der Waals surface area contributed by atoms with E-state index in [1.165, 1.54) is 0 Å². The predicted molar refractivity (Wildman–Crippen MR) is 120 cm³/mol. The van der Waals surface area contributed by atoms with Crippen LogP contribution in [0.15, 0.2) is 36.4 Å². The molecule has 3 aromatic rings. The number of nitrogens with zero attached hydrogens (tertiary/aromatic N) is 2. The predicted octanol–water partition coefficient (Wildman–Crippen LogP) is 4.45. The third-order valence-electron chi connectivity index (χ3n) is 6.56. The van der Waals surface area contributed by atoms with Crippen LogP contribution < -0.4 is 4.74 Å². The minimum absolute atomic E-state index is 0.00505. The summed E-state index contributed by atoms with van der Waals surface area (Å²) in [5.74, 6) is 0.117. The maximum absolute atomic E-state index is 13.6. The van der Waals surface area contributed by atoms with Gasteiger partial charge in [-0.2, -0.15) is 5.26 Å². The zero-order valence-electron chi connectivity index (χ0n) is 19.0. The van der Waals surface area contributed by atoms with Crippen molar-refractivity contribution in [3.05, 3.63) is 64.3 Å². The first kappa shape index (κ1) is 20.7. The van der Waals surface area contributed by atoms with E-state index in [0.29, 0.717) is 30.1 Å². The first-order valence-corrected chi connectivity index (χ1v) is 10.8. The average Bonchev–Trinajstić information content (AvgIpc) is 3.27. The highest BCUT2D eigenvalue weighted by Crippen LogP contribution is 2.46. The number of rotatable bonds is 3. The quantitative estimate of drug-likeness (QED) is 0.614. The molecule has 0 N–H and O–H groups in total. The Labute approximate surface area is 187 Å². The van der Waals surface area contributed by atoms with Gasteiger partial charge in [0, 0.05) is 29.1 Å². The fourth-order valence-corrected chi connectivity index (χ4v) is 5.09. The van der Waals surface area contributed by atoms with Gasteiger partial charge in [0.25, 0.3) is 0 Å². The summed E-state index contributed by atoms with van der Waals surface area (Å²) in [6.45, 7) is 8.91. The number of hydrogen-bond donors (Lipinski definition) is 0. The van der Waals surface area contributed by atoms with Crippen molar-refractivity contribution >= 4 is 16.7 Å². The van der Waals surface area contributed by atoms with E-state index in [2.05, 4.69) is 19.9 Å². The summed E-state index contributed by atoms with van der Waals surface area (Å²) in [4.78, 5) is 13.6. The highest BCUT2D eigenvalue weighted by Gasteiger charge is 2.41. The van der Waals surface area contributed by atoms with Crippen LogP contribution in [0.4, 0.5) is 0 Å². The minimum Gasteiger partial charge on any atom is -0.491 e. The van der Waals surface area contributed by atoms with Crippen molar-refractivity contribution in [1.82, 2.24) is 4.57 Å². The van der Waals surface area contributed by atoms with Gasteiger partial charge in [-0.25, -0.2) is 0 Å². The summed E-state index contributed by atoms with van der Waals surface area (Å²) in [6.07, 6.45) is -0.130. The van der Waals surface area contributed by atoms with Crippen molar-refractivity contribution in [3.8, 4) is 11.8 Å². The monoisotopic (exact) mass is 430 g/mol. The molecule has 1 aliphatic heterocycles. The first-order valence-electron chi connectivity index (χ1n) is 10.8. The molecule has 0 saturated carbocycles. The summed E-state index contributed by atoms with van der Waals surface area (Å²) >= 11 is 0. The van der Waals surface area contributed by atoms with Crippen LogP contribution in [-0.4, -0.2) is 35.5 Å². The van der Waals surface area contributed by atoms with Crippen molar-refractivity contribution in [2.45, 2.75) is 45.0 Å². The van der Waals surface area contributed by atoms with Gasteiger partial charge < -0.3 is 18.8 Å². The second-order valence-electron chi connectivity index (χ2n) is 9.55. The van der Waals surface area contributed by atoms with E-state index in [4.69, 9.17) is 14.2 Å². The normalized spacial score (nSPS) is 20.6. The number of aromatic nitrogens is 1. The number of ketones is 1. The molecule has 1 fully saturated rings. The fourth-order valence-electron chi connectivity index (χ4n) is 5.09. The summed E-state index contributed by atoms with van der Waals surface area (Å²) in [5.41, 5.74) is 4.34. The lowest BCUT2D eigenvalue weighted by Crippen LogP contribution is -2.32. The van der Waals surface area contributed by atoms with Crippen molar-refractivity contribution in [3.63, 3.8) is 0 Å². The maximum atomic E-state index is 13.6. The third-order valence-corrected chi connectivity index (χ3v) is 6.56. The number of aryl methyl sites for hydroxylation is 1. The molecule has 2 heterocycles. The molecule has 32 heavy (non-hydrogen) atoms. The lowest BCUT2D eigenvalue weighted by Gasteiger charge is -2.34. The molecular formula is C26H26N2O4. The largest absolute Gasteiger partial charge is 0.491 e. The summed E-state index contributed by atoms with van der Waals surface area (Å²) in [6, 6.07) is 13.4. The van der Waals surface area contributed by atoms with E-state index < -0.39 is 11.2 Å². The lowest BCUT2D eigenvalue weighted by molar-refractivity contribution is -0.141. The standard InChI is InChI=1S/C26H26N2O4/c1-25(2)20-11-16(30-13-17-14-31-26(3,4)32-17)7-9-18(20)23(29)22-19-8-6-15(12-27)10-21(19)28(5)24(22)25/h6-11,17H,13-14H2,1-5H3/t17-/m0/s1. The van der Waals surface area contributed by atoms with E-state index in [1.54, 1.807) is 6.07 Å². The van der Waals surface area contributed by atoms with E-state index in [1.807, 2.05) is 55.8 Å². The molecule has 0 radical (unpaired) electrons. The minimum atomic E-state index is -0.589. The molecule has 164 valence electrons. The highest BCUT2D eigenvalue weighted by atomic mass is 16.7. The van der Waals surface area contributed by atoms with Crippen molar-refractivity contribution in [2.24, 2.45) is 7.05 Å². The first-order chi connectivity index (χ1) is 15.1. The average molecular weight is 431 g/mol. The third kappa shape index (κ3) is 3.04. The zero-order chi connectivity index (χ0) is 22.8. The van der Waals surface area contributed by atoms with Gasteiger partial charge in [-0.1, -0.05) is 19.9 Å². The van der Waals surface area contributed by atoms with Crippen LogP contribution in [0.5, 0.6) is 5.75 Å². The van der Waals surface area contributed by atoms with Crippen LogP contribution >= 0.6 is 0 Å². The van der Waals surface area contributed by atoms with Crippen molar-refractivity contribution in [1.29, 1.82) is 5.26 Å². The van der Waals surface area contributed by atoms with Gasteiger partial charge >= 0.3 is 0 Å². The molecule has 5 rings (SSSR count). The van der Waals surface area contributed by atoms with E-state index in [-0.39, 0.29) is 11.9 Å². The fraction of sp³-hybridized carbons (Fsp3) is 0.385. The molecular weight excluding hydrogens is 404 g/mol. The van der Waals surface area contributed by atoms with E-state index in [9.17, 15) is 10.1 Å². The summed E-state index contributed by atoms with van der Waals surface area (Å²) in [7, 11) is 1.96. The van der Waals surface area contributed by atoms with Crippen LogP contribution in [0.25, 0.3) is 10.9 Å². The highest BCUT2D eigenvalue weighted by molar-refractivity contribution is 6.20. The Morgan fingerprint density at radius 2 is 1.97 bits per heavy atom. The molecule has 1 aromatic heterocycles. The molecule has 0 amide bonds. The maximum Gasteiger partial charge on any atom is 0.195 e. The van der Waals surface area contributed by atoms with Crippen molar-refractivity contribution < 1.29 is 19.0 Å². The van der Waals surface area contributed by atoms with E-state index >= 15 is 0 Å². The molecule has 6 nitrogen and oxygen atoms in total.